The van der Waals surface area contributed by atoms with Crippen LogP contribution in [0.25, 0.3) is 0 Å². The number of fused-ring (bicyclic) bond motifs is 1. The number of morpholine rings is 1. The first-order valence-corrected chi connectivity index (χ1v) is 12.3. The lowest BCUT2D eigenvalue weighted by atomic mass is 9.94. The Labute approximate surface area is 205 Å². The number of anilines is 1. The second kappa shape index (κ2) is 10.1. The number of methoxy groups -OCH3 is 1. The van der Waals surface area contributed by atoms with Crippen molar-refractivity contribution in [3.63, 3.8) is 0 Å². The van der Waals surface area contributed by atoms with Gasteiger partial charge in [-0.05, 0) is 49.1 Å². The fourth-order valence-electron chi connectivity index (χ4n) is 5.29. The maximum atomic E-state index is 13.4. The molecule has 2 fully saturated rings. The Morgan fingerprint density at radius 3 is 2.66 bits per heavy atom. The fraction of sp³-hybridized carbons (Fsp3) is 0.444. The molecule has 0 unspecified atom stereocenters. The van der Waals surface area contributed by atoms with Gasteiger partial charge in [-0.2, -0.15) is 0 Å². The second-order valence-electron chi connectivity index (χ2n) is 9.29. The quantitative estimate of drug-likeness (QED) is 0.595. The number of nitrogens with zero attached hydrogens (tertiary/aromatic N) is 3. The first-order valence-electron chi connectivity index (χ1n) is 12.3. The van der Waals surface area contributed by atoms with Crippen molar-refractivity contribution < 1.29 is 23.9 Å². The minimum absolute atomic E-state index is 0.117. The molecule has 0 N–H and O–H groups in total. The minimum atomic E-state index is -0.259. The van der Waals surface area contributed by atoms with Crippen LogP contribution in [-0.4, -0.2) is 80.6 Å². The molecule has 0 spiro atoms. The number of carbonyl (C=O) groups is 3. The van der Waals surface area contributed by atoms with Crippen molar-refractivity contribution in [3.05, 3.63) is 59.2 Å². The second-order valence-corrected chi connectivity index (χ2v) is 9.29. The van der Waals surface area contributed by atoms with E-state index in [-0.39, 0.29) is 23.6 Å². The normalized spacial score (nSPS) is 20.3. The Kier molecular flexibility index (Phi) is 6.72. The van der Waals surface area contributed by atoms with Crippen LogP contribution in [0.15, 0.2) is 42.5 Å². The molecular formula is C27H31N3O5. The molecule has 3 heterocycles. The van der Waals surface area contributed by atoms with Gasteiger partial charge in [0.25, 0.3) is 11.8 Å². The maximum absolute atomic E-state index is 13.4. The summed E-state index contributed by atoms with van der Waals surface area (Å²) in [5.74, 6) is 0.276. The lowest BCUT2D eigenvalue weighted by Crippen LogP contribution is -2.48. The van der Waals surface area contributed by atoms with Crippen LogP contribution in [-0.2, 0) is 16.0 Å². The van der Waals surface area contributed by atoms with Gasteiger partial charge in [0.2, 0.25) is 5.91 Å². The Bertz CT molecular complexity index is 1130. The summed E-state index contributed by atoms with van der Waals surface area (Å²) >= 11 is 0. The molecule has 8 nitrogen and oxygen atoms in total. The summed E-state index contributed by atoms with van der Waals surface area (Å²) in [5, 5.41) is 0. The van der Waals surface area contributed by atoms with E-state index in [0.29, 0.717) is 56.9 Å². The van der Waals surface area contributed by atoms with E-state index in [1.807, 2.05) is 41.3 Å². The zero-order chi connectivity index (χ0) is 24.4. The van der Waals surface area contributed by atoms with Crippen LogP contribution in [0.2, 0.25) is 0 Å². The Morgan fingerprint density at radius 1 is 1.06 bits per heavy atom. The molecule has 5 rings (SSSR count). The van der Waals surface area contributed by atoms with Crippen molar-refractivity contribution in [3.8, 4) is 5.75 Å². The molecule has 1 atom stereocenters. The molecule has 0 saturated carbocycles. The maximum Gasteiger partial charge on any atom is 0.263 e. The van der Waals surface area contributed by atoms with Gasteiger partial charge in [-0.15, -0.1) is 0 Å². The molecule has 3 amide bonds. The highest BCUT2D eigenvalue weighted by molar-refractivity contribution is 6.23. The van der Waals surface area contributed by atoms with E-state index in [4.69, 9.17) is 9.47 Å². The Balaban J connectivity index is 1.32. The summed E-state index contributed by atoms with van der Waals surface area (Å²) in [6.07, 6.45) is 2.26. The Hall–Kier alpha value is -3.39. The summed E-state index contributed by atoms with van der Waals surface area (Å²) in [6.45, 7) is 4.04. The summed E-state index contributed by atoms with van der Waals surface area (Å²) in [4.78, 5) is 45.0. The first kappa shape index (κ1) is 23.4. The molecule has 0 bridgehead atoms. The highest BCUT2D eigenvalue weighted by Crippen LogP contribution is 2.34. The summed E-state index contributed by atoms with van der Waals surface area (Å²) in [7, 11) is 1.62. The molecule has 2 aromatic carbocycles. The number of ether oxygens (including phenoxy) is 2. The average molecular weight is 478 g/mol. The fourth-order valence-corrected chi connectivity index (χ4v) is 5.29. The van der Waals surface area contributed by atoms with Gasteiger partial charge in [-0.3, -0.25) is 19.3 Å². The van der Waals surface area contributed by atoms with E-state index in [9.17, 15) is 14.4 Å². The molecule has 3 aliphatic rings. The molecule has 184 valence electrons. The first-order chi connectivity index (χ1) is 17.1. The molecule has 3 aliphatic heterocycles. The molecule has 0 aromatic heterocycles. The minimum Gasteiger partial charge on any atom is -0.497 e. The summed E-state index contributed by atoms with van der Waals surface area (Å²) in [6, 6.07) is 13.1. The predicted molar refractivity (Wildman–Crippen MR) is 131 cm³/mol. The van der Waals surface area contributed by atoms with Gasteiger partial charge in [0.05, 0.1) is 43.1 Å². The van der Waals surface area contributed by atoms with Crippen LogP contribution < -0.4 is 9.64 Å². The highest BCUT2D eigenvalue weighted by Gasteiger charge is 2.39. The SMILES string of the molecule is COc1cccc(CCN2C(=O)c3cccc(N4CCC[C@@H](C(=O)N5CCOCC5)C4)c3C2=O)c1. The third-order valence-corrected chi connectivity index (χ3v) is 7.17. The number of rotatable bonds is 6. The Morgan fingerprint density at radius 2 is 1.86 bits per heavy atom. The van der Waals surface area contributed by atoms with E-state index in [0.717, 1.165) is 36.4 Å². The molecule has 0 radical (unpaired) electrons. The van der Waals surface area contributed by atoms with Crippen molar-refractivity contribution in [2.24, 2.45) is 5.92 Å². The van der Waals surface area contributed by atoms with Crippen molar-refractivity contribution in [1.29, 1.82) is 0 Å². The van der Waals surface area contributed by atoms with Crippen molar-refractivity contribution >= 4 is 23.4 Å². The van der Waals surface area contributed by atoms with Crippen molar-refractivity contribution in [2.75, 3.05) is 57.9 Å². The topological polar surface area (TPSA) is 79.4 Å². The number of hydrogen-bond donors (Lipinski definition) is 0. The summed E-state index contributed by atoms with van der Waals surface area (Å²) in [5.41, 5.74) is 2.66. The number of amides is 3. The number of carbonyl (C=O) groups excluding carboxylic acids is 3. The molecule has 2 saturated heterocycles. The molecule has 8 heteroatoms. The smallest absolute Gasteiger partial charge is 0.263 e. The van der Waals surface area contributed by atoms with Crippen LogP contribution >= 0.6 is 0 Å². The lowest BCUT2D eigenvalue weighted by molar-refractivity contribution is -0.139. The van der Waals surface area contributed by atoms with Crippen molar-refractivity contribution in [2.45, 2.75) is 19.3 Å². The third kappa shape index (κ3) is 4.62. The van der Waals surface area contributed by atoms with Crippen LogP contribution in [0.5, 0.6) is 5.75 Å². The molecule has 2 aromatic rings. The van der Waals surface area contributed by atoms with Crippen LogP contribution in [0.3, 0.4) is 0 Å². The molecule has 35 heavy (non-hydrogen) atoms. The lowest BCUT2D eigenvalue weighted by Gasteiger charge is -2.37. The number of imide groups is 1. The van der Waals surface area contributed by atoms with Gasteiger partial charge >= 0.3 is 0 Å². The highest BCUT2D eigenvalue weighted by atomic mass is 16.5. The van der Waals surface area contributed by atoms with E-state index >= 15 is 0 Å². The van der Waals surface area contributed by atoms with E-state index in [1.54, 1.807) is 13.2 Å². The van der Waals surface area contributed by atoms with Gasteiger partial charge in [-0.1, -0.05) is 18.2 Å². The standard InChI is InChI=1S/C27H31N3O5/c1-34-21-7-2-5-19(17-21)10-12-30-26(32)22-8-3-9-23(24(22)27(30)33)29-11-4-6-20(18-29)25(31)28-13-15-35-16-14-28/h2-3,5,7-9,17,20H,4,6,10-16,18H2,1H3/t20-/m1/s1. The largest absolute Gasteiger partial charge is 0.497 e. The third-order valence-electron chi connectivity index (χ3n) is 7.17. The zero-order valence-electron chi connectivity index (χ0n) is 20.1. The number of benzene rings is 2. The van der Waals surface area contributed by atoms with E-state index in [1.165, 1.54) is 4.90 Å². The van der Waals surface area contributed by atoms with Crippen LogP contribution in [0, 0.1) is 5.92 Å². The number of hydrogen-bond acceptors (Lipinski definition) is 6. The van der Waals surface area contributed by atoms with Gasteiger partial charge in [0, 0.05) is 32.7 Å². The molecular weight excluding hydrogens is 446 g/mol. The zero-order valence-corrected chi connectivity index (χ0v) is 20.1. The van der Waals surface area contributed by atoms with E-state index in [2.05, 4.69) is 4.90 Å². The molecule has 0 aliphatic carbocycles. The van der Waals surface area contributed by atoms with Gasteiger partial charge in [-0.25, -0.2) is 0 Å². The van der Waals surface area contributed by atoms with Crippen LogP contribution in [0.1, 0.15) is 39.1 Å². The average Bonchev–Trinajstić information content (AvgIpc) is 3.16. The van der Waals surface area contributed by atoms with Crippen molar-refractivity contribution in [1.82, 2.24) is 9.80 Å². The van der Waals surface area contributed by atoms with Gasteiger partial charge in [0.1, 0.15) is 5.75 Å². The number of piperidine rings is 1. The van der Waals surface area contributed by atoms with E-state index < -0.39 is 0 Å². The van der Waals surface area contributed by atoms with Gasteiger partial charge < -0.3 is 19.3 Å². The van der Waals surface area contributed by atoms with Crippen LogP contribution in [0.4, 0.5) is 5.69 Å². The van der Waals surface area contributed by atoms with Gasteiger partial charge in [0.15, 0.2) is 0 Å². The predicted octanol–water partition coefficient (Wildman–Crippen LogP) is 2.61. The monoisotopic (exact) mass is 477 g/mol. The summed E-state index contributed by atoms with van der Waals surface area (Å²) < 4.78 is 10.7.